The summed E-state index contributed by atoms with van der Waals surface area (Å²) >= 11 is 0. The van der Waals surface area contributed by atoms with Crippen molar-refractivity contribution >= 4 is 6.09 Å². The molecule has 2 aromatic carbocycles. The van der Waals surface area contributed by atoms with Gasteiger partial charge in [-0.2, -0.15) is 0 Å². The lowest BCUT2D eigenvalue weighted by atomic mass is 10.1. The number of hydrogen-bond acceptors (Lipinski definition) is 4. The summed E-state index contributed by atoms with van der Waals surface area (Å²) in [6, 6.07) is 21.4. The van der Waals surface area contributed by atoms with Crippen LogP contribution in [0.25, 0.3) is 11.3 Å². The molecule has 0 spiro atoms. The molecule has 1 N–H and O–H groups in total. The van der Waals surface area contributed by atoms with Crippen molar-refractivity contribution in [2.45, 2.75) is 13.2 Å². The minimum atomic E-state index is -0.958. The van der Waals surface area contributed by atoms with E-state index in [1.807, 2.05) is 66.7 Å². The lowest BCUT2D eigenvalue weighted by Crippen LogP contribution is -2.30. The van der Waals surface area contributed by atoms with E-state index < -0.39 is 6.09 Å². The number of carboxylic acid groups (broad SMARTS) is 1. The SMILES string of the molecule is O=C(O)N1CCOc2nc(-c3ccccc3OCc3ccccc3)ccc2C1. The zero-order valence-corrected chi connectivity index (χ0v) is 15.2. The number of aromatic nitrogens is 1. The smallest absolute Gasteiger partial charge is 0.407 e. The van der Waals surface area contributed by atoms with Crippen molar-refractivity contribution in [3.63, 3.8) is 0 Å². The Morgan fingerprint density at radius 1 is 1.07 bits per heavy atom. The summed E-state index contributed by atoms with van der Waals surface area (Å²) in [5.41, 5.74) is 3.44. The maximum Gasteiger partial charge on any atom is 0.407 e. The third-order valence-electron chi connectivity index (χ3n) is 4.57. The predicted molar refractivity (Wildman–Crippen MR) is 104 cm³/mol. The molecule has 0 aliphatic carbocycles. The predicted octanol–water partition coefficient (Wildman–Crippen LogP) is 4.20. The summed E-state index contributed by atoms with van der Waals surface area (Å²) in [7, 11) is 0. The number of amides is 1. The quantitative estimate of drug-likeness (QED) is 0.739. The van der Waals surface area contributed by atoms with Crippen LogP contribution in [0.5, 0.6) is 11.6 Å². The first-order valence-electron chi connectivity index (χ1n) is 9.07. The Balaban J connectivity index is 1.60. The Morgan fingerprint density at radius 3 is 2.68 bits per heavy atom. The Kier molecular flexibility index (Phi) is 5.10. The van der Waals surface area contributed by atoms with Gasteiger partial charge in [-0.3, -0.25) is 0 Å². The molecule has 0 bridgehead atoms. The number of para-hydroxylation sites is 1. The third-order valence-corrected chi connectivity index (χ3v) is 4.57. The first-order valence-corrected chi connectivity index (χ1v) is 9.07. The van der Waals surface area contributed by atoms with E-state index in [0.29, 0.717) is 19.0 Å². The van der Waals surface area contributed by atoms with Gasteiger partial charge >= 0.3 is 6.09 Å². The van der Waals surface area contributed by atoms with Crippen LogP contribution in [-0.4, -0.2) is 34.2 Å². The summed E-state index contributed by atoms with van der Waals surface area (Å²) in [6.45, 7) is 1.33. The Hall–Kier alpha value is -3.54. The number of hydrogen-bond donors (Lipinski definition) is 1. The van der Waals surface area contributed by atoms with Gasteiger partial charge in [-0.05, 0) is 29.8 Å². The van der Waals surface area contributed by atoms with Crippen molar-refractivity contribution in [3.8, 4) is 22.9 Å². The fourth-order valence-corrected chi connectivity index (χ4v) is 3.10. The Labute approximate surface area is 163 Å². The van der Waals surface area contributed by atoms with Crippen LogP contribution in [-0.2, 0) is 13.2 Å². The van der Waals surface area contributed by atoms with E-state index >= 15 is 0 Å². The second-order valence-electron chi connectivity index (χ2n) is 6.48. The molecule has 0 saturated heterocycles. The van der Waals surface area contributed by atoms with Gasteiger partial charge in [0.1, 0.15) is 19.0 Å². The molecule has 0 atom stereocenters. The van der Waals surface area contributed by atoms with Crippen LogP contribution in [0.2, 0.25) is 0 Å². The maximum absolute atomic E-state index is 11.3. The van der Waals surface area contributed by atoms with Gasteiger partial charge in [-0.1, -0.05) is 42.5 Å². The molecule has 6 nitrogen and oxygen atoms in total. The molecule has 6 heteroatoms. The molecule has 1 aromatic heterocycles. The van der Waals surface area contributed by atoms with Crippen molar-refractivity contribution in [1.82, 2.24) is 9.88 Å². The summed E-state index contributed by atoms with van der Waals surface area (Å²) in [5.74, 6) is 1.21. The molecule has 28 heavy (non-hydrogen) atoms. The highest BCUT2D eigenvalue weighted by molar-refractivity contribution is 5.68. The molecule has 1 aliphatic heterocycles. The van der Waals surface area contributed by atoms with Gasteiger partial charge in [0.25, 0.3) is 0 Å². The molecule has 1 amide bonds. The van der Waals surface area contributed by atoms with Crippen LogP contribution in [0, 0.1) is 0 Å². The highest BCUT2D eigenvalue weighted by Crippen LogP contribution is 2.32. The van der Waals surface area contributed by atoms with Crippen LogP contribution < -0.4 is 9.47 Å². The first kappa shape index (κ1) is 17.9. The summed E-state index contributed by atoms with van der Waals surface area (Å²) in [6.07, 6.45) is -0.958. The van der Waals surface area contributed by atoms with Gasteiger partial charge < -0.3 is 19.5 Å². The summed E-state index contributed by atoms with van der Waals surface area (Å²) in [4.78, 5) is 17.2. The first-order chi connectivity index (χ1) is 13.7. The zero-order valence-electron chi connectivity index (χ0n) is 15.2. The van der Waals surface area contributed by atoms with Crippen LogP contribution in [0.4, 0.5) is 4.79 Å². The molecule has 0 fully saturated rings. The average molecular weight is 376 g/mol. The van der Waals surface area contributed by atoms with Crippen LogP contribution in [0.15, 0.2) is 66.7 Å². The molecule has 3 aromatic rings. The summed E-state index contributed by atoms with van der Waals surface area (Å²) < 4.78 is 11.7. The number of ether oxygens (including phenoxy) is 2. The Bertz CT molecular complexity index is 975. The van der Waals surface area contributed by atoms with Crippen molar-refractivity contribution < 1.29 is 19.4 Å². The second kappa shape index (κ2) is 8.00. The molecule has 0 saturated carbocycles. The normalized spacial score (nSPS) is 13.2. The van der Waals surface area contributed by atoms with E-state index in [1.165, 1.54) is 4.90 Å². The van der Waals surface area contributed by atoms with E-state index in [1.54, 1.807) is 0 Å². The highest BCUT2D eigenvalue weighted by Gasteiger charge is 2.21. The minimum Gasteiger partial charge on any atom is -0.488 e. The van der Waals surface area contributed by atoms with E-state index in [4.69, 9.17) is 9.47 Å². The van der Waals surface area contributed by atoms with Crippen LogP contribution in [0.1, 0.15) is 11.1 Å². The van der Waals surface area contributed by atoms with Crippen molar-refractivity contribution in [1.29, 1.82) is 0 Å². The maximum atomic E-state index is 11.3. The Morgan fingerprint density at radius 2 is 1.86 bits per heavy atom. The minimum absolute atomic E-state index is 0.268. The van der Waals surface area contributed by atoms with E-state index in [0.717, 1.165) is 28.1 Å². The number of benzene rings is 2. The van der Waals surface area contributed by atoms with Gasteiger partial charge in [0.05, 0.1) is 18.8 Å². The van der Waals surface area contributed by atoms with Gasteiger partial charge in [0.15, 0.2) is 0 Å². The topological polar surface area (TPSA) is 71.9 Å². The second-order valence-corrected chi connectivity index (χ2v) is 6.48. The highest BCUT2D eigenvalue weighted by atomic mass is 16.5. The molecule has 142 valence electrons. The molecular formula is C22H20N2O4. The molecule has 2 heterocycles. The van der Waals surface area contributed by atoms with Crippen molar-refractivity contribution in [2.75, 3.05) is 13.2 Å². The molecule has 0 unspecified atom stereocenters. The number of nitrogens with zero attached hydrogens (tertiary/aromatic N) is 2. The fraction of sp³-hybridized carbons (Fsp3) is 0.182. The molecule has 4 rings (SSSR count). The largest absolute Gasteiger partial charge is 0.488 e. The number of fused-ring (bicyclic) bond motifs is 1. The standard InChI is InChI=1S/C22H20N2O4/c25-22(26)24-12-13-27-21-17(14-24)10-11-19(23-21)18-8-4-5-9-20(18)28-15-16-6-2-1-3-7-16/h1-11H,12-15H2,(H,25,26). The van der Waals surface area contributed by atoms with E-state index in [9.17, 15) is 9.90 Å². The van der Waals surface area contributed by atoms with Gasteiger partial charge in [0.2, 0.25) is 5.88 Å². The number of pyridine rings is 1. The fourth-order valence-electron chi connectivity index (χ4n) is 3.10. The zero-order chi connectivity index (χ0) is 19.3. The van der Waals surface area contributed by atoms with Gasteiger partial charge in [-0.15, -0.1) is 0 Å². The van der Waals surface area contributed by atoms with E-state index in [2.05, 4.69) is 4.98 Å². The molecule has 0 radical (unpaired) electrons. The van der Waals surface area contributed by atoms with Crippen LogP contribution >= 0.6 is 0 Å². The molecule has 1 aliphatic rings. The van der Waals surface area contributed by atoms with E-state index in [-0.39, 0.29) is 13.2 Å². The monoisotopic (exact) mass is 376 g/mol. The third kappa shape index (κ3) is 3.91. The van der Waals surface area contributed by atoms with Crippen molar-refractivity contribution in [3.05, 3.63) is 77.9 Å². The lowest BCUT2D eigenvalue weighted by Gasteiger charge is -2.15. The molecular weight excluding hydrogens is 356 g/mol. The number of rotatable bonds is 4. The number of carbonyl (C=O) groups is 1. The summed E-state index contributed by atoms with van der Waals surface area (Å²) in [5, 5.41) is 9.24. The average Bonchev–Trinajstić information content (AvgIpc) is 2.95. The van der Waals surface area contributed by atoms with Crippen LogP contribution in [0.3, 0.4) is 0 Å². The van der Waals surface area contributed by atoms with Gasteiger partial charge in [0, 0.05) is 11.1 Å². The van der Waals surface area contributed by atoms with Gasteiger partial charge in [-0.25, -0.2) is 9.78 Å². The lowest BCUT2D eigenvalue weighted by molar-refractivity contribution is 0.137. The van der Waals surface area contributed by atoms with Crippen molar-refractivity contribution in [2.24, 2.45) is 0 Å².